The molecule has 9 heteroatoms. The first-order chi connectivity index (χ1) is 16.2. The largest absolute Gasteiger partial charge is 0.468 e. The van der Waals surface area contributed by atoms with Gasteiger partial charge in [-0.3, -0.25) is 0 Å². The lowest BCUT2D eigenvalue weighted by atomic mass is 9.80. The van der Waals surface area contributed by atoms with Crippen molar-refractivity contribution in [2.24, 2.45) is 0 Å². The van der Waals surface area contributed by atoms with Crippen molar-refractivity contribution in [2.45, 2.75) is 45.3 Å². The van der Waals surface area contributed by atoms with Crippen molar-refractivity contribution in [3.63, 3.8) is 0 Å². The van der Waals surface area contributed by atoms with E-state index in [1.54, 1.807) is 10.7 Å². The Labute approximate surface area is 190 Å². The van der Waals surface area contributed by atoms with Crippen LogP contribution in [0.1, 0.15) is 47.9 Å². The summed E-state index contributed by atoms with van der Waals surface area (Å²) >= 11 is 0. The van der Waals surface area contributed by atoms with Gasteiger partial charge in [0.05, 0.1) is 0 Å². The molecule has 0 aliphatic heterocycles. The molecule has 166 valence electrons. The van der Waals surface area contributed by atoms with E-state index < -0.39 is 0 Å². The first-order valence-electron chi connectivity index (χ1n) is 11.1. The summed E-state index contributed by atoms with van der Waals surface area (Å²) in [4.78, 5) is 4.51. The van der Waals surface area contributed by atoms with Gasteiger partial charge < -0.3 is 13.8 Å². The Bertz CT molecular complexity index is 1400. The second-order valence-electron chi connectivity index (χ2n) is 8.39. The molecule has 0 N–H and O–H groups in total. The fourth-order valence-electron chi connectivity index (χ4n) is 4.12. The molecule has 0 unspecified atom stereocenters. The van der Waals surface area contributed by atoms with Crippen LogP contribution in [0.15, 0.2) is 59.4 Å². The molecule has 0 atom stereocenters. The molecule has 0 amide bonds. The Morgan fingerprint density at radius 2 is 2.00 bits per heavy atom. The van der Waals surface area contributed by atoms with E-state index in [-0.39, 0.29) is 0 Å². The third-order valence-corrected chi connectivity index (χ3v) is 6.12. The van der Waals surface area contributed by atoms with E-state index in [1.165, 1.54) is 12.0 Å². The predicted octanol–water partition coefficient (Wildman–Crippen LogP) is 4.18. The van der Waals surface area contributed by atoms with Crippen LogP contribution in [0.2, 0.25) is 0 Å². The minimum atomic E-state index is 0.318. The van der Waals surface area contributed by atoms with Gasteiger partial charge >= 0.3 is 0 Å². The molecular weight excluding hydrogens is 418 g/mol. The van der Waals surface area contributed by atoms with Crippen molar-refractivity contribution in [3.05, 3.63) is 77.6 Å². The fraction of sp³-hybridized carbons (Fsp3) is 0.292. The van der Waals surface area contributed by atoms with Crippen molar-refractivity contribution in [3.8, 4) is 17.4 Å². The van der Waals surface area contributed by atoms with Crippen LogP contribution in [0.4, 0.5) is 0 Å². The fourth-order valence-corrected chi connectivity index (χ4v) is 4.12. The quantitative estimate of drug-likeness (QED) is 0.374. The van der Waals surface area contributed by atoms with E-state index in [0.717, 1.165) is 30.8 Å². The van der Waals surface area contributed by atoms with E-state index in [1.807, 2.05) is 43.5 Å². The van der Waals surface area contributed by atoms with Crippen molar-refractivity contribution >= 4 is 5.65 Å². The lowest BCUT2D eigenvalue weighted by Crippen LogP contribution is -2.15. The molecule has 1 aromatic carbocycles. The number of ether oxygens (including phenoxy) is 1. The van der Waals surface area contributed by atoms with Gasteiger partial charge in [0.2, 0.25) is 11.7 Å². The van der Waals surface area contributed by atoms with Crippen molar-refractivity contribution in [2.75, 3.05) is 0 Å². The van der Waals surface area contributed by atoms with Gasteiger partial charge in [0, 0.05) is 30.6 Å². The Kier molecular flexibility index (Phi) is 4.86. The highest BCUT2D eigenvalue weighted by Gasteiger charge is 2.26. The van der Waals surface area contributed by atoms with Crippen LogP contribution < -0.4 is 4.74 Å². The molecule has 0 spiro atoms. The Balaban J connectivity index is 1.32. The number of imidazole rings is 1. The standard InChI is InChI=1S/C24H23N7O2/c1-16-12-20(29-33-16)23-27-26-21-13-19(18-8-5-9-18)24(28-31(21)23)32-15-22-25-10-11-30(22)14-17-6-3-2-4-7-17/h2-4,6-7,10-13,18H,5,8-9,14-15H2,1H3. The smallest absolute Gasteiger partial charge is 0.235 e. The number of aromatic nitrogens is 7. The van der Waals surface area contributed by atoms with E-state index >= 15 is 0 Å². The van der Waals surface area contributed by atoms with Gasteiger partial charge in [-0.25, -0.2) is 4.98 Å². The summed E-state index contributed by atoms with van der Waals surface area (Å²) in [5.74, 6) is 3.09. The van der Waals surface area contributed by atoms with Crippen molar-refractivity contribution in [1.29, 1.82) is 0 Å². The molecule has 9 nitrogen and oxygen atoms in total. The predicted molar refractivity (Wildman–Crippen MR) is 120 cm³/mol. The van der Waals surface area contributed by atoms with Gasteiger partial charge in [-0.15, -0.1) is 15.3 Å². The maximum Gasteiger partial charge on any atom is 0.235 e. The lowest BCUT2D eigenvalue weighted by Gasteiger charge is -2.26. The van der Waals surface area contributed by atoms with Crippen molar-refractivity contribution < 1.29 is 9.26 Å². The molecule has 1 aliphatic rings. The maximum atomic E-state index is 6.28. The van der Waals surface area contributed by atoms with Gasteiger partial charge in [-0.1, -0.05) is 41.9 Å². The molecule has 5 aromatic rings. The molecule has 6 rings (SSSR count). The van der Waals surface area contributed by atoms with Crippen molar-refractivity contribution in [1.82, 2.24) is 34.5 Å². The second-order valence-corrected chi connectivity index (χ2v) is 8.39. The molecule has 0 bridgehead atoms. The number of nitrogens with zero attached hydrogens (tertiary/aromatic N) is 7. The van der Waals surface area contributed by atoms with Gasteiger partial charge in [0.25, 0.3) is 0 Å². The second kappa shape index (κ2) is 8.16. The Morgan fingerprint density at radius 1 is 1.12 bits per heavy atom. The van der Waals surface area contributed by atoms with Gasteiger partial charge in [-0.2, -0.15) is 4.52 Å². The van der Waals surface area contributed by atoms with E-state index in [4.69, 9.17) is 14.4 Å². The highest BCUT2D eigenvalue weighted by molar-refractivity contribution is 5.56. The van der Waals surface area contributed by atoms with Crippen LogP contribution in [0, 0.1) is 6.92 Å². The average molecular weight is 441 g/mol. The first-order valence-corrected chi connectivity index (χ1v) is 11.1. The molecule has 4 heterocycles. The topological polar surface area (TPSA) is 96.2 Å². The minimum absolute atomic E-state index is 0.318. The number of fused-ring (bicyclic) bond motifs is 1. The highest BCUT2D eigenvalue weighted by atomic mass is 16.5. The minimum Gasteiger partial charge on any atom is -0.468 e. The molecule has 4 aromatic heterocycles. The Hall–Kier alpha value is -4.01. The molecule has 0 saturated heterocycles. The first kappa shape index (κ1) is 19.7. The number of benzene rings is 1. The zero-order valence-corrected chi connectivity index (χ0v) is 18.3. The third-order valence-electron chi connectivity index (χ3n) is 6.12. The lowest BCUT2D eigenvalue weighted by molar-refractivity contribution is 0.264. The molecular formula is C24H23N7O2. The normalized spacial score (nSPS) is 14.0. The summed E-state index contributed by atoms with van der Waals surface area (Å²) in [6.45, 7) is 2.90. The molecule has 33 heavy (non-hydrogen) atoms. The third kappa shape index (κ3) is 3.75. The summed E-state index contributed by atoms with van der Waals surface area (Å²) < 4.78 is 15.3. The highest BCUT2D eigenvalue weighted by Crippen LogP contribution is 2.40. The van der Waals surface area contributed by atoms with Gasteiger partial charge in [0.1, 0.15) is 18.2 Å². The number of hydrogen-bond donors (Lipinski definition) is 0. The van der Waals surface area contributed by atoms with Crippen LogP contribution in [-0.2, 0) is 13.2 Å². The van der Waals surface area contributed by atoms with Gasteiger partial charge in [-0.05, 0) is 37.3 Å². The van der Waals surface area contributed by atoms with E-state index in [0.29, 0.717) is 41.3 Å². The number of aryl methyl sites for hydroxylation is 1. The molecule has 0 radical (unpaired) electrons. The monoisotopic (exact) mass is 441 g/mol. The van der Waals surface area contributed by atoms with Crippen LogP contribution in [-0.4, -0.2) is 34.5 Å². The zero-order chi connectivity index (χ0) is 22.2. The summed E-state index contributed by atoms with van der Waals surface area (Å²) in [6, 6.07) is 14.2. The van der Waals surface area contributed by atoms with E-state index in [2.05, 4.69) is 37.0 Å². The molecule has 1 fully saturated rings. The average Bonchev–Trinajstić information content (AvgIpc) is 3.51. The maximum absolute atomic E-state index is 6.28. The van der Waals surface area contributed by atoms with Crippen LogP contribution in [0.3, 0.4) is 0 Å². The molecule has 1 saturated carbocycles. The summed E-state index contributed by atoms with van der Waals surface area (Å²) in [5.41, 5.74) is 3.55. The summed E-state index contributed by atoms with van der Waals surface area (Å²) in [6.07, 6.45) is 7.24. The summed E-state index contributed by atoms with van der Waals surface area (Å²) in [7, 11) is 0. The van der Waals surface area contributed by atoms with Crippen LogP contribution in [0.5, 0.6) is 5.88 Å². The van der Waals surface area contributed by atoms with E-state index in [9.17, 15) is 0 Å². The number of rotatable bonds is 7. The zero-order valence-electron chi connectivity index (χ0n) is 18.3. The molecule has 1 aliphatic carbocycles. The number of hydrogen-bond acceptors (Lipinski definition) is 7. The SMILES string of the molecule is Cc1cc(-c2nnc3cc(C4CCC4)c(OCc4nccn4Cc4ccccc4)nn23)no1. The van der Waals surface area contributed by atoms with Gasteiger partial charge in [0.15, 0.2) is 11.3 Å². The van der Waals surface area contributed by atoms with Crippen LogP contribution in [0.25, 0.3) is 17.2 Å². The van der Waals surface area contributed by atoms with Crippen LogP contribution >= 0.6 is 0 Å². The summed E-state index contributed by atoms with van der Waals surface area (Å²) in [5, 5.41) is 17.5. The Morgan fingerprint density at radius 3 is 2.76 bits per heavy atom.